The van der Waals surface area contributed by atoms with Crippen molar-refractivity contribution in [1.82, 2.24) is 0 Å². The second-order valence-corrected chi connectivity index (χ2v) is 7.20. The molecule has 2 aliphatic heterocycles. The molecule has 0 N–H and O–H groups in total. The second-order valence-electron chi connectivity index (χ2n) is 7.20. The molecule has 0 unspecified atom stereocenters. The van der Waals surface area contributed by atoms with E-state index in [1.165, 1.54) is 24.3 Å². The van der Waals surface area contributed by atoms with Gasteiger partial charge in [-0.25, -0.2) is 9.80 Å². The van der Waals surface area contributed by atoms with Gasteiger partial charge in [0.1, 0.15) is 0 Å². The minimum absolute atomic E-state index is 0.318. The van der Waals surface area contributed by atoms with Crippen molar-refractivity contribution in [1.29, 1.82) is 0 Å². The Morgan fingerprint density at radius 3 is 1.15 bits per heavy atom. The molecule has 2 heterocycles. The van der Waals surface area contributed by atoms with Crippen molar-refractivity contribution < 1.29 is 38.7 Å². The number of carbonyl (C=O) groups excluding carboxylic acids is 4. The summed E-state index contributed by atoms with van der Waals surface area (Å²) in [7, 11) is 0. The molecular weight excluding hydrogens is 444 g/mol. The number of hydrogen-bond acceptors (Lipinski definition) is 8. The topological polar surface area (TPSA) is 112 Å². The third kappa shape index (κ3) is 5.37. The molecule has 0 fully saturated rings. The maximum Gasteiger partial charge on any atom is 0.258 e. The van der Waals surface area contributed by atoms with Gasteiger partial charge in [0.05, 0.1) is 24.6 Å². The molecule has 0 aromatic heterocycles. The van der Waals surface area contributed by atoms with Crippen molar-refractivity contribution in [3.63, 3.8) is 0 Å². The third-order valence-corrected chi connectivity index (χ3v) is 4.82. The number of unbranched alkanes of at least 4 members (excludes halogenated alkanes) is 1. The van der Waals surface area contributed by atoms with Gasteiger partial charge in [-0.1, -0.05) is 0 Å². The van der Waals surface area contributed by atoms with Crippen molar-refractivity contribution in [3.05, 3.63) is 72.8 Å². The Bertz CT molecular complexity index is 1010. The summed E-state index contributed by atoms with van der Waals surface area (Å²) in [6.07, 6.45) is 6.18. The van der Waals surface area contributed by atoms with E-state index in [4.69, 9.17) is 19.6 Å². The van der Waals surface area contributed by atoms with Crippen molar-refractivity contribution in [2.45, 2.75) is 12.8 Å². The Labute approximate surface area is 194 Å². The van der Waals surface area contributed by atoms with Gasteiger partial charge in [0, 0.05) is 24.3 Å². The van der Waals surface area contributed by atoms with Gasteiger partial charge >= 0.3 is 0 Å². The zero-order chi connectivity index (χ0) is 23.9. The highest BCUT2D eigenvalue weighted by Crippen LogP contribution is 2.23. The van der Waals surface area contributed by atoms with Gasteiger partial charge in [0.25, 0.3) is 23.6 Å². The molecule has 174 valence electrons. The molecule has 0 atom stereocenters. The summed E-state index contributed by atoms with van der Waals surface area (Å²) in [4.78, 5) is 69.5. The largest absolute Gasteiger partial charge is 0.338 e. The molecule has 2 aromatic rings. The molecular formula is C24H20N2O8. The molecule has 0 saturated carbocycles. The van der Waals surface area contributed by atoms with Crippen LogP contribution in [-0.2, 0) is 29.0 Å². The highest BCUT2D eigenvalue weighted by atomic mass is 17.2. The van der Waals surface area contributed by atoms with Gasteiger partial charge in [-0.3, -0.25) is 19.2 Å². The van der Waals surface area contributed by atoms with Crippen molar-refractivity contribution in [2.24, 2.45) is 0 Å². The first-order valence-electron chi connectivity index (χ1n) is 10.4. The molecule has 4 amide bonds. The van der Waals surface area contributed by atoms with Gasteiger partial charge in [0.15, 0.2) is 11.5 Å². The second kappa shape index (κ2) is 10.6. The first-order valence-corrected chi connectivity index (χ1v) is 10.4. The highest BCUT2D eigenvalue weighted by Gasteiger charge is 2.25. The summed E-state index contributed by atoms with van der Waals surface area (Å²) in [5.41, 5.74) is 0.906. The molecule has 0 radical (unpaired) electrons. The van der Waals surface area contributed by atoms with Crippen LogP contribution in [0.15, 0.2) is 72.8 Å². The van der Waals surface area contributed by atoms with Crippen LogP contribution in [0.2, 0.25) is 0 Å². The quantitative estimate of drug-likeness (QED) is 0.216. The van der Waals surface area contributed by atoms with Crippen LogP contribution >= 0.6 is 0 Å². The van der Waals surface area contributed by atoms with Crippen molar-refractivity contribution in [3.8, 4) is 11.5 Å². The Balaban J connectivity index is 1.08. The normalized spacial score (nSPS) is 15.1. The summed E-state index contributed by atoms with van der Waals surface area (Å²) < 4.78 is 0. The zero-order valence-corrected chi connectivity index (χ0v) is 17.9. The van der Waals surface area contributed by atoms with Crippen LogP contribution in [0.3, 0.4) is 0 Å². The maximum absolute atomic E-state index is 11.7. The molecule has 0 aliphatic carbocycles. The average molecular weight is 464 g/mol. The van der Waals surface area contributed by atoms with E-state index in [1.54, 1.807) is 48.5 Å². The predicted octanol–water partition coefficient (Wildman–Crippen LogP) is 2.65. The number of rotatable bonds is 11. The van der Waals surface area contributed by atoms with E-state index < -0.39 is 0 Å². The maximum atomic E-state index is 11.7. The van der Waals surface area contributed by atoms with Crippen LogP contribution < -0.4 is 19.6 Å². The van der Waals surface area contributed by atoms with E-state index in [1.807, 2.05) is 0 Å². The monoisotopic (exact) mass is 464 g/mol. The molecule has 0 bridgehead atoms. The lowest BCUT2D eigenvalue weighted by atomic mass is 10.3. The van der Waals surface area contributed by atoms with E-state index in [0.717, 1.165) is 9.80 Å². The predicted molar refractivity (Wildman–Crippen MR) is 119 cm³/mol. The first-order chi connectivity index (χ1) is 16.5. The van der Waals surface area contributed by atoms with Gasteiger partial charge in [-0.15, -0.1) is 0 Å². The molecule has 4 rings (SSSR count). The fourth-order valence-corrected chi connectivity index (χ4v) is 3.15. The van der Waals surface area contributed by atoms with Crippen LogP contribution in [0.25, 0.3) is 0 Å². The van der Waals surface area contributed by atoms with Crippen LogP contribution in [0.4, 0.5) is 11.4 Å². The summed E-state index contributed by atoms with van der Waals surface area (Å²) >= 11 is 0. The molecule has 10 heteroatoms. The fraction of sp³-hybridized carbons (Fsp3) is 0.167. The minimum atomic E-state index is -0.384. The van der Waals surface area contributed by atoms with Crippen LogP contribution in [0.1, 0.15) is 12.8 Å². The summed E-state index contributed by atoms with van der Waals surface area (Å²) in [5, 5.41) is 0. The average Bonchev–Trinajstić information content (AvgIpc) is 3.36. The van der Waals surface area contributed by atoms with Gasteiger partial charge in [-0.2, -0.15) is 9.78 Å². The molecule has 2 aromatic carbocycles. The Kier molecular flexibility index (Phi) is 7.11. The van der Waals surface area contributed by atoms with E-state index in [-0.39, 0.29) is 23.6 Å². The number of nitrogens with zero attached hydrogens (tertiary/aromatic N) is 2. The number of carbonyl (C=O) groups is 4. The minimum Gasteiger partial charge on any atom is -0.338 e. The van der Waals surface area contributed by atoms with Gasteiger partial charge in [0.2, 0.25) is 0 Å². The Hall–Kier alpha value is -4.28. The molecule has 2 aliphatic rings. The smallest absolute Gasteiger partial charge is 0.258 e. The fourth-order valence-electron chi connectivity index (χ4n) is 3.15. The van der Waals surface area contributed by atoms with Crippen LogP contribution in [0.5, 0.6) is 11.5 Å². The SMILES string of the molecule is O=C1C=CC(=O)N1c1ccc(OOCCCCOOc2ccc(N3C(=O)C=CC3=O)cc2)cc1. The lowest BCUT2D eigenvalue weighted by Gasteiger charge is -2.14. The number of anilines is 2. The number of benzene rings is 2. The molecule has 34 heavy (non-hydrogen) atoms. The Morgan fingerprint density at radius 2 is 0.824 bits per heavy atom. The van der Waals surface area contributed by atoms with Crippen molar-refractivity contribution >= 4 is 35.0 Å². The van der Waals surface area contributed by atoms with Crippen LogP contribution in [0, 0.1) is 0 Å². The molecule has 0 saturated heterocycles. The zero-order valence-electron chi connectivity index (χ0n) is 17.9. The van der Waals surface area contributed by atoms with E-state index >= 15 is 0 Å². The number of amides is 4. The first kappa shape index (κ1) is 22.9. The summed E-state index contributed by atoms with van der Waals surface area (Å²) in [5.74, 6) is -0.660. The van der Waals surface area contributed by atoms with Crippen molar-refractivity contribution in [2.75, 3.05) is 23.0 Å². The van der Waals surface area contributed by atoms with Crippen LogP contribution in [-0.4, -0.2) is 36.8 Å². The van der Waals surface area contributed by atoms with Gasteiger partial charge < -0.3 is 9.78 Å². The van der Waals surface area contributed by atoms with E-state index in [0.29, 0.717) is 48.9 Å². The Morgan fingerprint density at radius 1 is 0.500 bits per heavy atom. The lowest BCUT2D eigenvalue weighted by molar-refractivity contribution is -0.218. The molecule has 0 spiro atoms. The van der Waals surface area contributed by atoms with Gasteiger partial charge in [-0.05, 0) is 61.4 Å². The number of imide groups is 2. The third-order valence-electron chi connectivity index (χ3n) is 4.82. The highest BCUT2D eigenvalue weighted by molar-refractivity contribution is 6.28. The summed E-state index contributed by atoms with van der Waals surface area (Å²) in [6.45, 7) is 0.636. The molecule has 10 nitrogen and oxygen atoms in total. The van der Waals surface area contributed by atoms with E-state index in [9.17, 15) is 19.2 Å². The number of hydrogen-bond donors (Lipinski definition) is 0. The van der Waals surface area contributed by atoms with E-state index in [2.05, 4.69) is 0 Å². The standard InChI is InChI=1S/C24H20N2O8/c27-21-11-12-22(28)25(21)17-3-7-19(8-4-17)33-31-15-1-2-16-32-34-20-9-5-18(6-10-20)26-23(29)13-14-24(26)30/h3-14H,1-2,15-16H2. The lowest BCUT2D eigenvalue weighted by Crippen LogP contribution is -2.29. The summed E-state index contributed by atoms with van der Waals surface area (Å²) in [6, 6.07) is 12.8.